The average Bonchev–Trinajstić information content (AvgIpc) is 2.28. The third-order valence-electron chi connectivity index (χ3n) is 2.02. The molecular weight excluding hydrogens is 286 g/mol. The monoisotopic (exact) mass is 301 g/mol. The summed E-state index contributed by atoms with van der Waals surface area (Å²) >= 11 is 3.35. The zero-order valence-electron chi connectivity index (χ0n) is 9.90. The Kier molecular flexibility index (Phi) is 6.00. The zero-order valence-corrected chi connectivity index (χ0v) is 11.5. The van der Waals surface area contributed by atoms with E-state index in [1.54, 1.807) is 13.2 Å². The van der Waals surface area contributed by atoms with Gasteiger partial charge in [0, 0.05) is 13.2 Å². The summed E-state index contributed by atoms with van der Waals surface area (Å²) in [7, 11) is 1.60. The van der Waals surface area contributed by atoms with Crippen molar-refractivity contribution in [3.8, 4) is 5.75 Å². The molecule has 0 radical (unpaired) electrons. The van der Waals surface area contributed by atoms with Gasteiger partial charge in [-0.05, 0) is 35.0 Å². The molecule has 5 heteroatoms. The van der Waals surface area contributed by atoms with E-state index in [2.05, 4.69) is 21.2 Å². The molecule has 0 bridgehead atoms. The Balaban J connectivity index is 2.36. The van der Waals surface area contributed by atoms with Gasteiger partial charge >= 0.3 is 0 Å². The molecule has 94 valence electrons. The van der Waals surface area contributed by atoms with E-state index >= 15 is 0 Å². The maximum atomic E-state index is 11.5. The van der Waals surface area contributed by atoms with Gasteiger partial charge in [-0.25, -0.2) is 0 Å². The van der Waals surface area contributed by atoms with Crippen LogP contribution in [0.3, 0.4) is 0 Å². The van der Waals surface area contributed by atoms with E-state index in [9.17, 15) is 4.79 Å². The first-order valence-electron chi connectivity index (χ1n) is 5.29. The number of hydrogen-bond donors (Lipinski definition) is 1. The van der Waals surface area contributed by atoms with Crippen molar-refractivity contribution in [1.82, 2.24) is 5.32 Å². The number of amides is 1. The third-order valence-corrected chi connectivity index (χ3v) is 2.67. The molecule has 1 aromatic carbocycles. The largest absolute Gasteiger partial charge is 0.483 e. The number of carbonyl (C=O) groups is 1. The van der Waals surface area contributed by atoms with E-state index in [4.69, 9.17) is 9.47 Å². The molecule has 1 amide bonds. The van der Waals surface area contributed by atoms with Crippen LogP contribution in [0.2, 0.25) is 0 Å². The van der Waals surface area contributed by atoms with Crippen LogP contribution >= 0.6 is 15.9 Å². The molecule has 0 aromatic heterocycles. The summed E-state index contributed by atoms with van der Waals surface area (Å²) in [6, 6.07) is 7.38. The molecule has 0 fully saturated rings. The van der Waals surface area contributed by atoms with Crippen LogP contribution in [0.1, 0.15) is 6.92 Å². The van der Waals surface area contributed by atoms with Crippen molar-refractivity contribution in [2.45, 2.75) is 13.0 Å². The second-order valence-electron chi connectivity index (χ2n) is 3.64. The summed E-state index contributed by atoms with van der Waals surface area (Å²) in [5.41, 5.74) is 0. The van der Waals surface area contributed by atoms with Gasteiger partial charge in [0.2, 0.25) is 0 Å². The van der Waals surface area contributed by atoms with Crippen LogP contribution in [0, 0.1) is 0 Å². The van der Waals surface area contributed by atoms with Gasteiger partial charge in [-0.3, -0.25) is 4.79 Å². The van der Waals surface area contributed by atoms with Gasteiger partial charge < -0.3 is 14.8 Å². The van der Waals surface area contributed by atoms with Crippen LogP contribution in [-0.4, -0.2) is 32.3 Å². The number of carbonyl (C=O) groups excluding carboxylic acids is 1. The molecule has 0 aliphatic rings. The minimum Gasteiger partial charge on any atom is -0.483 e. The van der Waals surface area contributed by atoms with Crippen LogP contribution in [0.5, 0.6) is 5.75 Å². The van der Waals surface area contributed by atoms with Gasteiger partial charge in [0.05, 0.1) is 11.1 Å². The number of rotatable bonds is 6. The predicted octanol–water partition coefficient (Wildman–Crippen LogP) is 1.98. The lowest BCUT2D eigenvalue weighted by atomic mass is 10.3. The Morgan fingerprint density at radius 2 is 2.18 bits per heavy atom. The molecule has 0 saturated carbocycles. The van der Waals surface area contributed by atoms with E-state index in [1.807, 2.05) is 25.1 Å². The topological polar surface area (TPSA) is 47.6 Å². The normalized spacial score (nSPS) is 11.9. The standard InChI is InChI=1S/C12H16BrNO3/c1-9(7-16-2)14-12(15)8-17-11-6-4-3-5-10(11)13/h3-6,9H,7-8H2,1-2H3,(H,14,15)/t9-/m1/s1. The highest BCUT2D eigenvalue weighted by atomic mass is 79.9. The molecule has 0 spiro atoms. The fraction of sp³-hybridized carbons (Fsp3) is 0.417. The molecular formula is C12H16BrNO3. The average molecular weight is 302 g/mol. The van der Waals surface area contributed by atoms with Gasteiger partial charge in [0.15, 0.2) is 6.61 Å². The second kappa shape index (κ2) is 7.29. The summed E-state index contributed by atoms with van der Waals surface area (Å²) in [5.74, 6) is 0.493. The van der Waals surface area contributed by atoms with E-state index in [-0.39, 0.29) is 18.6 Å². The number of methoxy groups -OCH3 is 1. The van der Waals surface area contributed by atoms with Crippen LogP contribution in [-0.2, 0) is 9.53 Å². The van der Waals surface area contributed by atoms with Crippen LogP contribution < -0.4 is 10.1 Å². The fourth-order valence-corrected chi connectivity index (χ4v) is 1.71. The number of nitrogens with one attached hydrogen (secondary N) is 1. The number of halogens is 1. The molecule has 17 heavy (non-hydrogen) atoms. The van der Waals surface area contributed by atoms with E-state index < -0.39 is 0 Å². The molecule has 0 aliphatic carbocycles. The van der Waals surface area contributed by atoms with Gasteiger partial charge in [0.1, 0.15) is 5.75 Å². The maximum absolute atomic E-state index is 11.5. The van der Waals surface area contributed by atoms with Gasteiger partial charge in [-0.15, -0.1) is 0 Å². The molecule has 0 aliphatic heterocycles. The van der Waals surface area contributed by atoms with Crippen molar-refractivity contribution in [2.24, 2.45) is 0 Å². The zero-order chi connectivity index (χ0) is 12.7. The van der Waals surface area contributed by atoms with Crippen molar-refractivity contribution in [3.63, 3.8) is 0 Å². The Labute approximate surface area is 109 Å². The number of para-hydroxylation sites is 1. The van der Waals surface area contributed by atoms with E-state index in [0.29, 0.717) is 12.4 Å². The first-order chi connectivity index (χ1) is 8.13. The summed E-state index contributed by atoms with van der Waals surface area (Å²) in [5, 5.41) is 2.77. The molecule has 1 rings (SSSR count). The molecule has 4 nitrogen and oxygen atoms in total. The van der Waals surface area contributed by atoms with E-state index in [1.165, 1.54) is 0 Å². The van der Waals surface area contributed by atoms with Crippen molar-refractivity contribution in [3.05, 3.63) is 28.7 Å². The lowest BCUT2D eigenvalue weighted by molar-refractivity contribution is -0.124. The van der Waals surface area contributed by atoms with Crippen molar-refractivity contribution in [2.75, 3.05) is 20.3 Å². The Morgan fingerprint density at radius 3 is 2.82 bits per heavy atom. The highest BCUT2D eigenvalue weighted by Crippen LogP contribution is 2.23. The Bertz CT molecular complexity index is 371. The number of hydrogen-bond acceptors (Lipinski definition) is 3. The highest BCUT2D eigenvalue weighted by Gasteiger charge is 2.08. The summed E-state index contributed by atoms with van der Waals surface area (Å²) < 4.78 is 11.1. The fourth-order valence-electron chi connectivity index (χ4n) is 1.31. The van der Waals surface area contributed by atoms with Crippen molar-refractivity contribution < 1.29 is 14.3 Å². The summed E-state index contributed by atoms with van der Waals surface area (Å²) in [6.45, 7) is 2.36. The molecule has 0 unspecified atom stereocenters. The van der Waals surface area contributed by atoms with Gasteiger partial charge in [-0.2, -0.15) is 0 Å². The van der Waals surface area contributed by atoms with E-state index in [0.717, 1.165) is 4.47 Å². The Hall–Kier alpha value is -1.07. The molecule has 0 heterocycles. The lowest BCUT2D eigenvalue weighted by Gasteiger charge is -2.13. The minimum absolute atomic E-state index is 0.00331. The maximum Gasteiger partial charge on any atom is 0.258 e. The van der Waals surface area contributed by atoms with Crippen LogP contribution in [0.4, 0.5) is 0 Å². The summed E-state index contributed by atoms with van der Waals surface area (Å²) in [4.78, 5) is 11.5. The molecule has 1 atom stereocenters. The summed E-state index contributed by atoms with van der Waals surface area (Å²) in [6.07, 6.45) is 0. The molecule has 0 saturated heterocycles. The smallest absolute Gasteiger partial charge is 0.258 e. The molecule has 1 N–H and O–H groups in total. The lowest BCUT2D eigenvalue weighted by Crippen LogP contribution is -2.38. The predicted molar refractivity (Wildman–Crippen MR) is 69.1 cm³/mol. The van der Waals surface area contributed by atoms with Crippen LogP contribution in [0.15, 0.2) is 28.7 Å². The quantitative estimate of drug-likeness (QED) is 0.874. The SMILES string of the molecule is COC[C@@H](C)NC(=O)COc1ccccc1Br. The molecule has 1 aromatic rings. The van der Waals surface area contributed by atoms with Gasteiger partial charge in [-0.1, -0.05) is 12.1 Å². The number of ether oxygens (including phenoxy) is 2. The van der Waals surface area contributed by atoms with Crippen LogP contribution in [0.25, 0.3) is 0 Å². The third kappa shape index (κ3) is 5.19. The number of benzene rings is 1. The van der Waals surface area contributed by atoms with Gasteiger partial charge in [0.25, 0.3) is 5.91 Å². The first kappa shape index (κ1) is 14.0. The second-order valence-corrected chi connectivity index (χ2v) is 4.50. The minimum atomic E-state index is -0.162. The Morgan fingerprint density at radius 1 is 1.47 bits per heavy atom. The highest BCUT2D eigenvalue weighted by molar-refractivity contribution is 9.10. The first-order valence-corrected chi connectivity index (χ1v) is 6.08. The van der Waals surface area contributed by atoms with Crippen molar-refractivity contribution in [1.29, 1.82) is 0 Å². The van der Waals surface area contributed by atoms with Crippen molar-refractivity contribution >= 4 is 21.8 Å².